The molecule has 0 radical (unpaired) electrons. The maximum atomic E-state index is 12.0. The normalized spacial score (nSPS) is 19.0. The van der Waals surface area contributed by atoms with Crippen molar-refractivity contribution in [2.24, 2.45) is 0 Å². The average Bonchev–Trinajstić information content (AvgIpc) is 2.71. The first-order chi connectivity index (χ1) is 9.97. The van der Waals surface area contributed by atoms with Gasteiger partial charge >= 0.3 is 0 Å². The fourth-order valence-corrected chi connectivity index (χ4v) is 3.69. The second-order valence-corrected chi connectivity index (χ2v) is 7.55. The zero-order valence-corrected chi connectivity index (χ0v) is 13.2. The van der Waals surface area contributed by atoms with E-state index in [1.807, 2.05) is 0 Å². The van der Waals surface area contributed by atoms with Crippen molar-refractivity contribution in [3.05, 3.63) is 24.3 Å². The van der Waals surface area contributed by atoms with Crippen LogP contribution < -0.4 is 10.0 Å². The van der Waals surface area contributed by atoms with Crippen molar-refractivity contribution in [1.82, 2.24) is 4.72 Å². The number of rotatable bonds is 5. The molecule has 0 bridgehead atoms. The van der Waals surface area contributed by atoms with Crippen LogP contribution in [0.25, 0.3) is 0 Å². The van der Waals surface area contributed by atoms with E-state index in [1.165, 1.54) is 7.05 Å². The quantitative estimate of drug-likeness (QED) is 0.728. The van der Waals surface area contributed by atoms with E-state index in [4.69, 9.17) is 0 Å². The first-order valence-corrected chi connectivity index (χ1v) is 8.94. The van der Waals surface area contributed by atoms with Gasteiger partial charge in [0.15, 0.2) is 0 Å². The lowest BCUT2D eigenvalue weighted by Gasteiger charge is -2.27. The minimum absolute atomic E-state index is 0.213. The van der Waals surface area contributed by atoms with Crippen LogP contribution in [0.2, 0.25) is 0 Å². The van der Waals surface area contributed by atoms with Gasteiger partial charge in [-0.15, -0.1) is 0 Å². The van der Waals surface area contributed by atoms with Gasteiger partial charge in [0.05, 0.1) is 11.3 Å². The van der Waals surface area contributed by atoms with Gasteiger partial charge in [-0.1, -0.05) is 37.8 Å². The lowest BCUT2D eigenvalue weighted by Crippen LogP contribution is -2.36. The number of hydrogen-bond acceptors (Lipinski definition) is 4. The topological polar surface area (TPSA) is 78.4 Å². The van der Waals surface area contributed by atoms with E-state index >= 15 is 0 Å². The van der Waals surface area contributed by atoms with Gasteiger partial charge in [-0.3, -0.25) is 0 Å². The Morgan fingerprint density at radius 3 is 2.38 bits per heavy atom. The molecule has 1 fully saturated rings. The first-order valence-electron chi connectivity index (χ1n) is 7.46. The van der Waals surface area contributed by atoms with Gasteiger partial charge in [0.25, 0.3) is 0 Å². The molecule has 118 valence electrons. The summed E-state index contributed by atoms with van der Waals surface area (Å²) in [4.78, 5) is 0.213. The molecule has 0 atom stereocenters. The molecule has 3 N–H and O–H groups in total. The fourth-order valence-electron chi connectivity index (χ4n) is 2.78. The number of sulfonamides is 1. The Hall–Kier alpha value is -1.11. The highest BCUT2D eigenvalue weighted by Gasteiger charge is 2.28. The molecule has 0 spiro atoms. The molecule has 1 aliphatic carbocycles. The van der Waals surface area contributed by atoms with Gasteiger partial charge < -0.3 is 10.4 Å². The molecule has 0 aliphatic heterocycles. The number of nitrogens with one attached hydrogen (secondary N) is 2. The maximum absolute atomic E-state index is 12.0. The largest absolute Gasteiger partial charge is 0.388 e. The second-order valence-electron chi connectivity index (χ2n) is 5.70. The molecule has 2 rings (SSSR count). The summed E-state index contributed by atoms with van der Waals surface area (Å²) in [6, 6.07) is 6.76. The van der Waals surface area contributed by atoms with E-state index in [0.29, 0.717) is 12.2 Å². The molecule has 0 heterocycles. The standard InChI is InChI=1S/C15H24N2O3S/c1-16-21(19,20)14-9-5-4-8-13(14)17-12-15(18)10-6-2-3-7-11-15/h4-5,8-9,16-18H,2-3,6-7,10-12H2,1H3. The highest BCUT2D eigenvalue weighted by atomic mass is 32.2. The first kappa shape index (κ1) is 16.3. The van der Waals surface area contributed by atoms with Gasteiger partial charge in [-0.2, -0.15) is 0 Å². The van der Waals surface area contributed by atoms with Crippen LogP contribution in [-0.4, -0.2) is 32.7 Å². The Morgan fingerprint density at radius 1 is 1.14 bits per heavy atom. The van der Waals surface area contributed by atoms with Gasteiger partial charge in [-0.25, -0.2) is 13.1 Å². The monoisotopic (exact) mass is 312 g/mol. The van der Waals surface area contributed by atoms with E-state index < -0.39 is 15.6 Å². The summed E-state index contributed by atoms with van der Waals surface area (Å²) in [5.74, 6) is 0. The molecule has 1 aromatic carbocycles. The van der Waals surface area contributed by atoms with Crippen LogP contribution in [-0.2, 0) is 10.0 Å². The fraction of sp³-hybridized carbons (Fsp3) is 0.600. The maximum Gasteiger partial charge on any atom is 0.242 e. The van der Waals surface area contributed by atoms with Crippen LogP contribution in [0.1, 0.15) is 38.5 Å². The molecule has 21 heavy (non-hydrogen) atoms. The highest BCUT2D eigenvalue weighted by molar-refractivity contribution is 7.89. The van der Waals surface area contributed by atoms with Crippen LogP contribution in [0.4, 0.5) is 5.69 Å². The van der Waals surface area contributed by atoms with E-state index in [1.54, 1.807) is 24.3 Å². The summed E-state index contributed by atoms with van der Waals surface area (Å²) in [5.41, 5.74) is -0.211. The summed E-state index contributed by atoms with van der Waals surface area (Å²) in [7, 11) is -2.11. The third kappa shape index (κ3) is 4.18. The van der Waals surface area contributed by atoms with E-state index in [9.17, 15) is 13.5 Å². The molecule has 1 aromatic rings. The summed E-state index contributed by atoms with van der Waals surface area (Å²) in [5, 5.41) is 13.8. The lowest BCUT2D eigenvalue weighted by atomic mass is 9.94. The van der Waals surface area contributed by atoms with Gasteiger partial charge in [-0.05, 0) is 32.0 Å². The molecule has 5 nitrogen and oxygen atoms in total. The van der Waals surface area contributed by atoms with Gasteiger partial charge in [0, 0.05) is 6.54 Å². The molecule has 0 unspecified atom stereocenters. The summed E-state index contributed by atoms with van der Waals surface area (Å²) >= 11 is 0. The molecule has 1 aliphatic rings. The van der Waals surface area contributed by atoms with Crippen LogP contribution in [0.3, 0.4) is 0 Å². The van der Waals surface area contributed by atoms with Crippen LogP contribution >= 0.6 is 0 Å². The molecule has 0 aromatic heterocycles. The van der Waals surface area contributed by atoms with E-state index in [2.05, 4.69) is 10.0 Å². The predicted octanol–water partition coefficient (Wildman–Crippen LogP) is 2.09. The minimum atomic E-state index is -3.50. The smallest absolute Gasteiger partial charge is 0.242 e. The van der Waals surface area contributed by atoms with E-state index in [-0.39, 0.29) is 4.90 Å². The van der Waals surface area contributed by atoms with Crippen molar-refractivity contribution in [2.45, 2.75) is 49.0 Å². The van der Waals surface area contributed by atoms with Crippen LogP contribution in [0.5, 0.6) is 0 Å². The lowest BCUT2D eigenvalue weighted by molar-refractivity contribution is 0.0381. The van der Waals surface area contributed by atoms with Crippen molar-refractivity contribution < 1.29 is 13.5 Å². The Bertz CT molecular complexity index is 564. The van der Waals surface area contributed by atoms with Crippen molar-refractivity contribution in [3.8, 4) is 0 Å². The van der Waals surface area contributed by atoms with E-state index in [0.717, 1.165) is 38.5 Å². The van der Waals surface area contributed by atoms with Crippen molar-refractivity contribution >= 4 is 15.7 Å². The highest BCUT2D eigenvalue weighted by Crippen LogP contribution is 2.28. The summed E-state index contributed by atoms with van der Waals surface area (Å²) < 4.78 is 26.3. The SMILES string of the molecule is CNS(=O)(=O)c1ccccc1NCC1(O)CCCCCC1. The third-order valence-electron chi connectivity index (χ3n) is 4.09. The molecular formula is C15H24N2O3S. The van der Waals surface area contributed by atoms with Crippen LogP contribution in [0, 0.1) is 0 Å². The minimum Gasteiger partial charge on any atom is -0.388 e. The third-order valence-corrected chi connectivity index (χ3v) is 5.56. The number of benzene rings is 1. The summed E-state index contributed by atoms with van der Waals surface area (Å²) in [6.45, 7) is 0.378. The van der Waals surface area contributed by atoms with Crippen LogP contribution in [0.15, 0.2) is 29.2 Å². The summed E-state index contributed by atoms with van der Waals surface area (Å²) in [6.07, 6.45) is 5.89. The number of para-hydroxylation sites is 1. The zero-order chi connectivity index (χ0) is 15.3. The Morgan fingerprint density at radius 2 is 1.76 bits per heavy atom. The van der Waals surface area contributed by atoms with Gasteiger partial charge in [0.2, 0.25) is 10.0 Å². The molecule has 6 heteroatoms. The van der Waals surface area contributed by atoms with Crippen molar-refractivity contribution in [2.75, 3.05) is 18.9 Å². The number of anilines is 1. The Labute approximate surface area is 126 Å². The second kappa shape index (κ2) is 6.77. The molecule has 0 amide bonds. The number of aliphatic hydroxyl groups is 1. The average molecular weight is 312 g/mol. The molecule has 0 saturated heterocycles. The molecule has 1 saturated carbocycles. The number of hydrogen-bond donors (Lipinski definition) is 3. The van der Waals surface area contributed by atoms with Gasteiger partial charge in [0.1, 0.15) is 4.90 Å². The van der Waals surface area contributed by atoms with Crippen molar-refractivity contribution in [3.63, 3.8) is 0 Å². The Kier molecular flexibility index (Phi) is 5.24. The van der Waals surface area contributed by atoms with Crippen molar-refractivity contribution in [1.29, 1.82) is 0 Å². The zero-order valence-electron chi connectivity index (χ0n) is 12.4. The Balaban J connectivity index is 2.13. The predicted molar refractivity (Wildman–Crippen MR) is 83.8 cm³/mol. The molecular weight excluding hydrogens is 288 g/mol.